The van der Waals surface area contributed by atoms with Gasteiger partial charge in [-0.2, -0.15) is 18.3 Å². The molecule has 110 valence electrons. The molecular formula is C13H12F3N5. The van der Waals surface area contributed by atoms with E-state index in [2.05, 4.69) is 20.1 Å². The third-order valence-electron chi connectivity index (χ3n) is 3.11. The van der Waals surface area contributed by atoms with Gasteiger partial charge in [-0.25, -0.2) is 9.97 Å². The number of rotatable bonds is 4. The molecule has 0 aliphatic carbocycles. The third-order valence-corrected chi connectivity index (χ3v) is 3.11. The molecule has 0 saturated heterocycles. The van der Waals surface area contributed by atoms with Gasteiger partial charge in [0.2, 0.25) is 0 Å². The smallest absolute Gasteiger partial charge is 0.346 e. The number of nitrogens with zero attached hydrogens (tertiary/aromatic N) is 4. The summed E-state index contributed by atoms with van der Waals surface area (Å²) in [5, 5.41) is 4.94. The van der Waals surface area contributed by atoms with Crippen molar-refractivity contribution in [3.63, 3.8) is 0 Å². The van der Waals surface area contributed by atoms with Crippen molar-refractivity contribution in [2.45, 2.75) is 25.6 Å². The van der Waals surface area contributed by atoms with E-state index in [0.29, 0.717) is 11.3 Å². The first-order valence-corrected chi connectivity index (χ1v) is 6.40. The Morgan fingerprint density at radius 3 is 2.90 bits per heavy atom. The SMILES string of the molecule is FC(F)(F)CCCn1cc(-c2ncnc3[nH]ccc23)cn1. The van der Waals surface area contributed by atoms with Gasteiger partial charge in [0.15, 0.2) is 0 Å². The van der Waals surface area contributed by atoms with Crippen LogP contribution in [0.2, 0.25) is 0 Å². The number of hydrogen-bond acceptors (Lipinski definition) is 3. The number of aromatic nitrogens is 5. The third kappa shape index (κ3) is 3.04. The van der Waals surface area contributed by atoms with E-state index >= 15 is 0 Å². The van der Waals surface area contributed by atoms with Crippen molar-refractivity contribution in [2.75, 3.05) is 0 Å². The van der Waals surface area contributed by atoms with Crippen LogP contribution in [-0.2, 0) is 6.54 Å². The second-order valence-electron chi connectivity index (χ2n) is 4.67. The van der Waals surface area contributed by atoms with Gasteiger partial charge in [0, 0.05) is 36.3 Å². The van der Waals surface area contributed by atoms with Crippen LogP contribution in [0.4, 0.5) is 13.2 Å². The van der Waals surface area contributed by atoms with Crippen LogP contribution in [0.25, 0.3) is 22.3 Å². The molecule has 5 nitrogen and oxygen atoms in total. The monoisotopic (exact) mass is 295 g/mol. The second-order valence-corrected chi connectivity index (χ2v) is 4.67. The van der Waals surface area contributed by atoms with E-state index in [-0.39, 0.29) is 13.0 Å². The van der Waals surface area contributed by atoms with Crippen molar-refractivity contribution in [3.8, 4) is 11.3 Å². The zero-order valence-electron chi connectivity index (χ0n) is 10.9. The Bertz CT molecular complexity index is 743. The molecule has 0 aliphatic rings. The minimum Gasteiger partial charge on any atom is -0.346 e. The van der Waals surface area contributed by atoms with E-state index in [9.17, 15) is 13.2 Å². The van der Waals surface area contributed by atoms with Gasteiger partial charge in [-0.1, -0.05) is 0 Å². The first-order valence-electron chi connectivity index (χ1n) is 6.40. The van der Waals surface area contributed by atoms with E-state index in [0.717, 1.165) is 10.9 Å². The molecule has 0 unspecified atom stereocenters. The number of aryl methyl sites for hydroxylation is 1. The Hall–Kier alpha value is -2.38. The number of aromatic amines is 1. The molecule has 3 rings (SSSR count). The zero-order valence-corrected chi connectivity index (χ0v) is 10.9. The minimum absolute atomic E-state index is 0.00790. The second kappa shape index (κ2) is 5.19. The van der Waals surface area contributed by atoms with Crippen molar-refractivity contribution < 1.29 is 13.2 Å². The summed E-state index contributed by atoms with van der Waals surface area (Å²) in [6.45, 7) is 0.223. The van der Waals surface area contributed by atoms with Crippen LogP contribution in [0.1, 0.15) is 12.8 Å². The van der Waals surface area contributed by atoms with Crippen molar-refractivity contribution in [2.24, 2.45) is 0 Å². The van der Waals surface area contributed by atoms with Crippen LogP contribution in [-0.4, -0.2) is 30.9 Å². The summed E-state index contributed by atoms with van der Waals surface area (Å²) >= 11 is 0. The standard InChI is InChI=1S/C13H12F3N5/c14-13(15,16)3-1-5-21-7-9(6-20-21)11-10-2-4-17-12(10)19-8-18-11/h2,4,6-8H,1,3,5H2,(H,17,18,19). The van der Waals surface area contributed by atoms with Crippen molar-refractivity contribution in [1.29, 1.82) is 0 Å². The maximum atomic E-state index is 12.1. The highest BCUT2D eigenvalue weighted by Gasteiger charge is 2.26. The van der Waals surface area contributed by atoms with Crippen LogP contribution < -0.4 is 0 Å². The molecule has 0 fully saturated rings. The summed E-state index contributed by atoms with van der Waals surface area (Å²) in [6, 6.07) is 1.85. The fraction of sp³-hybridized carbons (Fsp3) is 0.308. The molecule has 3 aromatic rings. The average Bonchev–Trinajstić information content (AvgIpc) is 3.04. The van der Waals surface area contributed by atoms with Gasteiger partial charge < -0.3 is 4.98 Å². The average molecular weight is 295 g/mol. The molecule has 1 N–H and O–H groups in total. The molecule has 3 aromatic heterocycles. The van der Waals surface area contributed by atoms with E-state index in [1.54, 1.807) is 18.6 Å². The van der Waals surface area contributed by atoms with Crippen molar-refractivity contribution in [3.05, 3.63) is 31.0 Å². The molecule has 3 heterocycles. The molecule has 0 aromatic carbocycles. The maximum Gasteiger partial charge on any atom is 0.389 e. The molecule has 0 amide bonds. The van der Waals surface area contributed by atoms with Gasteiger partial charge in [0.05, 0.1) is 11.9 Å². The number of H-pyrrole nitrogens is 1. The maximum absolute atomic E-state index is 12.1. The van der Waals surface area contributed by atoms with Gasteiger partial charge in [-0.3, -0.25) is 4.68 Å². The largest absolute Gasteiger partial charge is 0.389 e. The fourth-order valence-corrected chi connectivity index (χ4v) is 2.15. The van der Waals surface area contributed by atoms with Gasteiger partial charge >= 0.3 is 6.18 Å². The predicted octanol–water partition coefficient (Wildman–Crippen LogP) is 3.16. The molecule has 0 atom stereocenters. The number of hydrogen-bond donors (Lipinski definition) is 1. The summed E-state index contributed by atoms with van der Waals surface area (Å²) in [5.74, 6) is 0. The van der Waals surface area contributed by atoms with Crippen LogP contribution in [0.5, 0.6) is 0 Å². The molecular weight excluding hydrogens is 283 g/mol. The van der Waals surface area contributed by atoms with E-state index in [1.807, 2.05) is 6.07 Å². The fourth-order valence-electron chi connectivity index (χ4n) is 2.15. The van der Waals surface area contributed by atoms with Crippen LogP contribution in [0.3, 0.4) is 0 Å². The van der Waals surface area contributed by atoms with Gasteiger partial charge in [0.25, 0.3) is 0 Å². The Labute approximate surface area is 117 Å². The lowest BCUT2D eigenvalue weighted by molar-refractivity contribution is -0.136. The number of nitrogens with one attached hydrogen (secondary N) is 1. The molecule has 0 radical (unpaired) electrons. The summed E-state index contributed by atoms with van der Waals surface area (Å²) < 4.78 is 37.9. The summed E-state index contributed by atoms with van der Waals surface area (Å²) in [5.41, 5.74) is 2.18. The molecule has 21 heavy (non-hydrogen) atoms. The van der Waals surface area contributed by atoms with Gasteiger partial charge in [-0.15, -0.1) is 0 Å². The lowest BCUT2D eigenvalue weighted by Gasteiger charge is -2.05. The van der Waals surface area contributed by atoms with Crippen LogP contribution in [0.15, 0.2) is 31.0 Å². The first kappa shape index (κ1) is 13.6. The lowest BCUT2D eigenvalue weighted by Crippen LogP contribution is -2.09. The van der Waals surface area contributed by atoms with Crippen molar-refractivity contribution in [1.82, 2.24) is 24.7 Å². The van der Waals surface area contributed by atoms with E-state index in [1.165, 1.54) is 11.0 Å². The molecule has 0 bridgehead atoms. The zero-order chi connectivity index (χ0) is 14.9. The lowest BCUT2D eigenvalue weighted by atomic mass is 10.2. The topological polar surface area (TPSA) is 59.4 Å². The minimum atomic E-state index is -4.13. The van der Waals surface area contributed by atoms with Crippen LogP contribution >= 0.6 is 0 Å². The highest BCUT2D eigenvalue weighted by atomic mass is 19.4. The van der Waals surface area contributed by atoms with Gasteiger partial charge in [0.1, 0.15) is 12.0 Å². The number of alkyl halides is 3. The molecule has 8 heteroatoms. The Kier molecular flexibility index (Phi) is 3.36. The van der Waals surface area contributed by atoms with Crippen LogP contribution in [0, 0.1) is 0 Å². The summed E-state index contributed by atoms with van der Waals surface area (Å²) in [7, 11) is 0. The Balaban J connectivity index is 1.77. The normalized spacial score (nSPS) is 12.1. The predicted molar refractivity (Wildman–Crippen MR) is 70.4 cm³/mol. The van der Waals surface area contributed by atoms with Gasteiger partial charge in [-0.05, 0) is 12.5 Å². The van der Waals surface area contributed by atoms with Crippen molar-refractivity contribution >= 4 is 11.0 Å². The first-order chi connectivity index (χ1) is 10.0. The molecule has 0 saturated carbocycles. The summed E-state index contributed by atoms with van der Waals surface area (Å²) in [4.78, 5) is 11.3. The molecule has 0 aliphatic heterocycles. The molecule has 0 spiro atoms. The number of fused-ring (bicyclic) bond motifs is 1. The van der Waals surface area contributed by atoms with E-state index in [4.69, 9.17) is 0 Å². The Morgan fingerprint density at radius 1 is 1.24 bits per heavy atom. The summed E-state index contributed by atoms with van der Waals surface area (Å²) in [6.07, 6.45) is 1.57. The highest BCUT2D eigenvalue weighted by Crippen LogP contribution is 2.25. The van der Waals surface area contributed by atoms with E-state index < -0.39 is 12.6 Å². The Morgan fingerprint density at radius 2 is 2.10 bits per heavy atom. The number of halogens is 3. The quantitative estimate of drug-likeness (QED) is 0.804. The highest BCUT2D eigenvalue weighted by molar-refractivity contribution is 5.89.